The van der Waals surface area contributed by atoms with Crippen LogP contribution in [0.15, 0.2) is 29.5 Å². The first kappa shape index (κ1) is 15.8. The SMILES string of the molecule is CC(=O)C1(C)Nc2cc(C)ccc2NC2=C1C(=O)CC(C)(C)C2. The maximum absolute atomic E-state index is 12.8. The monoisotopic (exact) mass is 312 g/mol. The first-order valence-electron chi connectivity index (χ1n) is 8.06. The Balaban J connectivity index is 2.23. The molecule has 0 amide bonds. The number of nitrogens with one attached hydrogen (secondary N) is 2. The van der Waals surface area contributed by atoms with Gasteiger partial charge in [-0.3, -0.25) is 9.59 Å². The molecule has 3 rings (SSSR count). The quantitative estimate of drug-likeness (QED) is 0.827. The smallest absolute Gasteiger partial charge is 0.163 e. The maximum atomic E-state index is 12.8. The lowest BCUT2D eigenvalue weighted by molar-refractivity contribution is -0.124. The minimum Gasteiger partial charge on any atom is -0.368 e. The van der Waals surface area contributed by atoms with Crippen molar-refractivity contribution in [1.29, 1.82) is 0 Å². The average Bonchev–Trinajstić information content (AvgIpc) is 2.51. The second kappa shape index (κ2) is 4.95. The van der Waals surface area contributed by atoms with Gasteiger partial charge in [-0.2, -0.15) is 0 Å². The Kier molecular flexibility index (Phi) is 3.40. The molecule has 0 aromatic heterocycles. The number of anilines is 2. The predicted octanol–water partition coefficient (Wildman–Crippen LogP) is 3.82. The standard InChI is InChI=1S/C19H24N2O2/c1-11-6-7-13-14(8-11)21-19(5,12(2)22)17-15(20-13)9-18(3,4)10-16(17)23/h6-8,20-21H,9-10H2,1-5H3. The molecule has 0 fully saturated rings. The molecule has 4 nitrogen and oxygen atoms in total. The molecule has 1 aliphatic heterocycles. The first-order chi connectivity index (χ1) is 10.6. The van der Waals surface area contributed by atoms with Gasteiger partial charge in [0.1, 0.15) is 5.54 Å². The van der Waals surface area contributed by atoms with Crippen molar-refractivity contribution in [3.05, 3.63) is 35.0 Å². The number of Topliss-reactive ketones (excluding diaryl/α,β-unsaturated/α-hetero) is 2. The van der Waals surface area contributed by atoms with Crippen LogP contribution in [0.1, 0.15) is 46.1 Å². The highest BCUT2D eigenvalue weighted by atomic mass is 16.1. The van der Waals surface area contributed by atoms with Crippen LogP contribution in [0.25, 0.3) is 0 Å². The van der Waals surface area contributed by atoms with Gasteiger partial charge in [-0.05, 0) is 50.3 Å². The molecular weight excluding hydrogens is 288 g/mol. The summed E-state index contributed by atoms with van der Waals surface area (Å²) in [6.07, 6.45) is 1.22. The van der Waals surface area contributed by atoms with E-state index < -0.39 is 5.54 Å². The average molecular weight is 312 g/mol. The van der Waals surface area contributed by atoms with Gasteiger partial charge in [0.25, 0.3) is 0 Å². The van der Waals surface area contributed by atoms with Crippen molar-refractivity contribution in [2.75, 3.05) is 10.6 Å². The summed E-state index contributed by atoms with van der Waals surface area (Å²) >= 11 is 0. The van der Waals surface area contributed by atoms with E-state index in [1.807, 2.05) is 32.0 Å². The summed E-state index contributed by atoms with van der Waals surface area (Å²) in [6, 6.07) is 6.04. The van der Waals surface area contributed by atoms with Crippen molar-refractivity contribution in [3.63, 3.8) is 0 Å². The molecule has 0 radical (unpaired) electrons. The maximum Gasteiger partial charge on any atom is 0.163 e. The lowest BCUT2D eigenvalue weighted by Gasteiger charge is -2.37. The van der Waals surface area contributed by atoms with Crippen LogP contribution in [-0.4, -0.2) is 17.1 Å². The van der Waals surface area contributed by atoms with Crippen molar-refractivity contribution >= 4 is 22.9 Å². The number of aryl methyl sites for hydroxylation is 1. The third-order valence-electron chi connectivity index (χ3n) is 4.92. The van der Waals surface area contributed by atoms with Crippen molar-refractivity contribution in [2.24, 2.45) is 5.41 Å². The van der Waals surface area contributed by atoms with E-state index in [2.05, 4.69) is 24.5 Å². The Hall–Kier alpha value is -2.10. The van der Waals surface area contributed by atoms with Gasteiger partial charge in [-0.1, -0.05) is 19.9 Å². The molecule has 1 aromatic carbocycles. The van der Waals surface area contributed by atoms with Crippen LogP contribution in [0.5, 0.6) is 0 Å². The molecule has 122 valence electrons. The van der Waals surface area contributed by atoms with E-state index >= 15 is 0 Å². The van der Waals surface area contributed by atoms with Gasteiger partial charge in [0.2, 0.25) is 0 Å². The molecule has 1 aliphatic carbocycles. The van der Waals surface area contributed by atoms with Crippen molar-refractivity contribution in [3.8, 4) is 0 Å². The largest absolute Gasteiger partial charge is 0.368 e. The number of hydrogen-bond acceptors (Lipinski definition) is 4. The highest BCUT2D eigenvalue weighted by molar-refractivity contribution is 6.10. The van der Waals surface area contributed by atoms with Gasteiger partial charge in [0.15, 0.2) is 11.6 Å². The molecule has 1 aromatic rings. The normalized spacial score (nSPS) is 25.7. The van der Waals surface area contributed by atoms with E-state index in [0.717, 1.165) is 29.1 Å². The second-order valence-corrected chi connectivity index (χ2v) is 7.77. The van der Waals surface area contributed by atoms with Crippen molar-refractivity contribution < 1.29 is 9.59 Å². The summed E-state index contributed by atoms with van der Waals surface area (Å²) in [5.74, 6) is 0.00712. The van der Waals surface area contributed by atoms with Crippen LogP contribution >= 0.6 is 0 Å². The molecule has 0 bridgehead atoms. The van der Waals surface area contributed by atoms with E-state index in [1.165, 1.54) is 0 Å². The number of carbonyl (C=O) groups is 2. The van der Waals surface area contributed by atoms with Gasteiger partial charge in [-0.25, -0.2) is 0 Å². The number of fused-ring (bicyclic) bond motifs is 1. The molecule has 0 saturated carbocycles. The summed E-state index contributed by atoms with van der Waals surface area (Å²) in [5, 5.41) is 6.77. The van der Waals surface area contributed by atoms with Crippen molar-refractivity contribution in [2.45, 2.75) is 53.0 Å². The third-order valence-corrected chi connectivity index (χ3v) is 4.92. The molecule has 4 heteroatoms. The predicted molar refractivity (Wildman–Crippen MR) is 92.6 cm³/mol. The number of benzene rings is 1. The van der Waals surface area contributed by atoms with Crippen LogP contribution in [0.3, 0.4) is 0 Å². The third kappa shape index (κ3) is 2.56. The van der Waals surface area contributed by atoms with Crippen LogP contribution in [0.4, 0.5) is 11.4 Å². The number of hydrogen-bond donors (Lipinski definition) is 2. The summed E-state index contributed by atoms with van der Waals surface area (Å²) in [4.78, 5) is 25.3. The van der Waals surface area contributed by atoms with Crippen LogP contribution < -0.4 is 10.6 Å². The Morgan fingerprint density at radius 3 is 2.48 bits per heavy atom. The zero-order valence-corrected chi connectivity index (χ0v) is 14.5. The van der Waals surface area contributed by atoms with Gasteiger partial charge in [0.05, 0.1) is 11.4 Å². The summed E-state index contributed by atoms with van der Waals surface area (Å²) < 4.78 is 0. The zero-order valence-electron chi connectivity index (χ0n) is 14.5. The van der Waals surface area contributed by atoms with Gasteiger partial charge in [0, 0.05) is 17.7 Å². The fourth-order valence-corrected chi connectivity index (χ4v) is 3.64. The summed E-state index contributed by atoms with van der Waals surface area (Å²) in [6.45, 7) is 9.57. The van der Waals surface area contributed by atoms with E-state index in [-0.39, 0.29) is 17.0 Å². The second-order valence-electron chi connectivity index (χ2n) is 7.77. The van der Waals surface area contributed by atoms with Gasteiger partial charge in [-0.15, -0.1) is 0 Å². The van der Waals surface area contributed by atoms with E-state index in [0.29, 0.717) is 12.0 Å². The highest BCUT2D eigenvalue weighted by Gasteiger charge is 2.46. The minimum atomic E-state index is -0.991. The first-order valence-corrected chi connectivity index (χ1v) is 8.06. The minimum absolute atomic E-state index is 0.0470. The van der Waals surface area contributed by atoms with Gasteiger partial charge < -0.3 is 10.6 Å². The molecule has 1 atom stereocenters. The molecule has 0 spiro atoms. The number of carbonyl (C=O) groups excluding carboxylic acids is 2. The number of ketones is 2. The Bertz CT molecular complexity index is 746. The van der Waals surface area contributed by atoms with Crippen LogP contribution in [-0.2, 0) is 9.59 Å². The number of rotatable bonds is 1. The van der Waals surface area contributed by atoms with Gasteiger partial charge >= 0.3 is 0 Å². The summed E-state index contributed by atoms with van der Waals surface area (Å²) in [7, 11) is 0. The van der Waals surface area contributed by atoms with E-state index in [1.54, 1.807) is 6.92 Å². The summed E-state index contributed by atoms with van der Waals surface area (Å²) in [5.41, 5.74) is 3.26. The molecule has 23 heavy (non-hydrogen) atoms. The number of allylic oxidation sites excluding steroid dienone is 1. The Labute approximate surface area is 137 Å². The Morgan fingerprint density at radius 2 is 1.83 bits per heavy atom. The molecule has 1 unspecified atom stereocenters. The molecule has 1 heterocycles. The fourth-order valence-electron chi connectivity index (χ4n) is 3.64. The zero-order chi connectivity index (χ0) is 17.0. The molecular formula is C19H24N2O2. The van der Waals surface area contributed by atoms with Crippen molar-refractivity contribution in [1.82, 2.24) is 0 Å². The van der Waals surface area contributed by atoms with Crippen LogP contribution in [0.2, 0.25) is 0 Å². The lowest BCUT2D eigenvalue weighted by atomic mass is 9.70. The lowest BCUT2D eigenvalue weighted by Crippen LogP contribution is -2.48. The fraction of sp³-hybridized carbons (Fsp3) is 0.474. The van der Waals surface area contributed by atoms with E-state index in [4.69, 9.17) is 0 Å². The highest BCUT2D eigenvalue weighted by Crippen LogP contribution is 2.45. The topological polar surface area (TPSA) is 58.2 Å². The molecule has 2 N–H and O–H groups in total. The Morgan fingerprint density at radius 1 is 1.13 bits per heavy atom. The molecule has 2 aliphatic rings. The van der Waals surface area contributed by atoms with E-state index in [9.17, 15) is 9.59 Å². The van der Waals surface area contributed by atoms with Crippen LogP contribution in [0, 0.1) is 12.3 Å². The molecule has 0 saturated heterocycles.